The highest BCUT2D eigenvalue weighted by Gasteiger charge is 2.16. The number of aromatic amines is 1. The number of fused-ring (bicyclic) bond motifs is 3. The molecule has 1 aromatic heterocycles. The molecule has 0 atom stereocenters. The lowest BCUT2D eigenvalue weighted by atomic mass is 9.93. The van der Waals surface area contributed by atoms with Crippen molar-refractivity contribution in [1.82, 2.24) is 9.97 Å². The highest BCUT2D eigenvalue weighted by atomic mass is 14.9. The van der Waals surface area contributed by atoms with E-state index in [1.807, 2.05) is 0 Å². The molecule has 0 aliphatic heterocycles. The first-order valence-corrected chi connectivity index (χ1v) is 4.55. The van der Waals surface area contributed by atoms with Gasteiger partial charge in [-0.05, 0) is 18.4 Å². The van der Waals surface area contributed by atoms with Gasteiger partial charge >= 0.3 is 0 Å². The Hall–Kier alpha value is -1.57. The fourth-order valence-electron chi connectivity index (χ4n) is 1.97. The van der Waals surface area contributed by atoms with Gasteiger partial charge in [0.15, 0.2) is 0 Å². The standard InChI is InChI=1S/C11H10N2/c1-2-4-9-8(3-1)5-6-10-11(9)13-7-12-10/h1-4,7H,5-6H2,(H,12,13). The fourth-order valence-corrected chi connectivity index (χ4v) is 1.97. The molecule has 0 unspecified atom stereocenters. The maximum atomic E-state index is 4.34. The van der Waals surface area contributed by atoms with Gasteiger partial charge in [-0.25, -0.2) is 4.98 Å². The number of hydrogen-bond acceptors (Lipinski definition) is 1. The molecule has 0 saturated heterocycles. The number of H-pyrrole nitrogens is 1. The molecule has 64 valence electrons. The molecule has 0 radical (unpaired) electrons. The summed E-state index contributed by atoms with van der Waals surface area (Å²) in [6.07, 6.45) is 4.00. The number of imidazole rings is 1. The maximum absolute atomic E-state index is 4.34. The second-order valence-electron chi connectivity index (χ2n) is 3.39. The molecule has 0 bridgehead atoms. The molecule has 2 nitrogen and oxygen atoms in total. The Balaban J connectivity index is 2.30. The van der Waals surface area contributed by atoms with Crippen LogP contribution in [0.3, 0.4) is 0 Å². The minimum atomic E-state index is 1.09. The summed E-state index contributed by atoms with van der Waals surface area (Å²) in [5.41, 5.74) is 5.13. The van der Waals surface area contributed by atoms with Gasteiger partial charge in [0.1, 0.15) is 0 Å². The number of aryl methyl sites for hydroxylation is 2. The lowest BCUT2D eigenvalue weighted by Gasteiger charge is -2.14. The minimum absolute atomic E-state index is 1.09. The molecule has 1 heterocycles. The van der Waals surface area contributed by atoms with Gasteiger partial charge in [0, 0.05) is 11.3 Å². The SMILES string of the molecule is c1ccc2c(c1)CCc1[nH]cnc1-2. The zero-order valence-electron chi connectivity index (χ0n) is 7.25. The molecule has 2 aromatic rings. The van der Waals surface area contributed by atoms with Crippen LogP contribution in [0.1, 0.15) is 11.3 Å². The molecule has 1 aliphatic rings. The number of nitrogens with zero attached hydrogens (tertiary/aromatic N) is 1. The minimum Gasteiger partial charge on any atom is -0.348 e. The van der Waals surface area contributed by atoms with E-state index < -0.39 is 0 Å². The van der Waals surface area contributed by atoms with Crippen molar-refractivity contribution in [3.63, 3.8) is 0 Å². The van der Waals surface area contributed by atoms with Gasteiger partial charge in [0.25, 0.3) is 0 Å². The van der Waals surface area contributed by atoms with Crippen LogP contribution in [0.25, 0.3) is 11.3 Å². The monoisotopic (exact) mass is 170 g/mol. The van der Waals surface area contributed by atoms with E-state index in [0.29, 0.717) is 0 Å². The van der Waals surface area contributed by atoms with Crippen LogP contribution in [0, 0.1) is 0 Å². The predicted octanol–water partition coefficient (Wildman–Crippen LogP) is 2.18. The third kappa shape index (κ3) is 0.917. The number of aromatic nitrogens is 2. The molecule has 2 heteroatoms. The fraction of sp³-hybridized carbons (Fsp3) is 0.182. The van der Waals surface area contributed by atoms with Gasteiger partial charge in [-0.3, -0.25) is 0 Å². The summed E-state index contributed by atoms with van der Waals surface area (Å²) in [6.45, 7) is 0. The molecule has 13 heavy (non-hydrogen) atoms. The van der Waals surface area contributed by atoms with Crippen molar-refractivity contribution in [2.24, 2.45) is 0 Å². The zero-order valence-corrected chi connectivity index (χ0v) is 7.25. The maximum Gasteiger partial charge on any atom is 0.0929 e. The van der Waals surface area contributed by atoms with Crippen LogP contribution in [0.2, 0.25) is 0 Å². The van der Waals surface area contributed by atoms with Crippen molar-refractivity contribution >= 4 is 0 Å². The quantitative estimate of drug-likeness (QED) is 0.645. The second-order valence-corrected chi connectivity index (χ2v) is 3.39. The molecule has 1 aliphatic carbocycles. The van der Waals surface area contributed by atoms with Gasteiger partial charge in [-0.15, -0.1) is 0 Å². The summed E-state index contributed by atoms with van der Waals surface area (Å²) in [5, 5.41) is 0. The average molecular weight is 170 g/mol. The molecule has 0 spiro atoms. The van der Waals surface area contributed by atoms with E-state index in [9.17, 15) is 0 Å². The Labute approximate surface area is 76.6 Å². The summed E-state index contributed by atoms with van der Waals surface area (Å²) < 4.78 is 0. The normalized spacial score (nSPS) is 13.5. The highest BCUT2D eigenvalue weighted by molar-refractivity contribution is 5.68. The summed E-state index contributed by atoms with van der Waals surface area (Å²) in [7, 11) is 0. The van der Waals surface area contributed by atoms with Gasteiger partial charge in [0.05, 0.1) is 12.0 Å². The van der Waals surface area contributed by atoms with Crippen LogP contribution >= 0.6 is 0 Å². The van der Waals surface area contributed by atoms with E-state index >= 15 is 0 Å². The molecule has 0 fully saturated rings. The number of rotatable bonds is 0. The zero-order chi connectivity index (χ0) is 8.67. The topological polar surface area (TPSA) is 28.7 Å². The van der Waals surface area contributed by atoms with E-state index in [0.717, 1.165) is 18.5 Å². The van der Waals surface area contributed by atoms with Crippen molar-refractivity contribution in [2.45, 2.75) is 12.8 Å². The largest absolute Gasteiger partial charge is 0.348 e. The van der Waals surface area contributed by atoms with Gasteiger partial charge in [-0.2, -0.15) is 0 Å². The van der Waals surface area contributed by atoms with E-state index in [2.05, 4.69) is 34.2 Å². The Bertz CT molecular complexity index is 443. The summed E-state index contributed by atoms with van der Waals surface area (Å²) in [4.78, 5) is 7.53. The van der Waals surface area contributed by atoms with E-state index in [1.165, 1.54) is 16.8 Å². The number of benzene rings is 1. The number of nitrogens with one attached hydrogen (secondary N) is 1. The Kier molecular flexibility index (Phi) is 1.30. The molecular weight excluding hydrogens is 160 g/mol. The average Bonchev–Trinajstić information content (AvgIpc) is 2.65. The summed E-state index contributed by atoms with van der Waals surface area (Å²) in [6, 6.07) is 8.50. The molecule has 1 aromatic carbocycles. The Morgan fingerprint density at radius 2 is 2.08 bits per heavy atom. The van der Waals surface area contributed by atoms with Crippen molar-refractivity contribution < 1.29 is 0 Å². The highest BCUT2D eigenvalue weighted by Crippen LogP contribution is 2.30. The van der Waals surface area contributed by atoms with E-state index in [4.69, 9.17) is 0 Å². The van der Waals surface area contributed by atoms with Gasteiger partial charge in [0.2, 0.25) is 0 Å². The first kappa shape index (κ1) is 6.89. The van der Waals surface area contributed by atoms with Crippen LogP contribution in [0.15, 0.2) is 30.6 Å². The molecule has 0 amide bonds. The first-order valence-electron chi connectivity index (χ1n) is 4.55. The van der Waals surface area contributed by atoms with E-state index in [1.54, 1.807) is 6.33 Å². The lowest BCUT2D eigenvalue weighted by Crippen LogP contribution is -2.02. The number of hydrogen-bond donors (Lipinski definition) is 1. The van der Waals surface area contributed by atoms with Crippen molar-refractivity contribution in [3.8, 4) is 11.3 Å². The van der Waals surface area contributed by atoms with Crippen LogP contribution in [0.5, 0.6) is 0 Å². The third-order valence-corrected chi connectivity index (χ3v) is 2.64. The van der Waals surface area contributed by atoms with E-state index in [-0.39, 0.29) is 0 Å². The van der Waals surface area contributed by atoms with Crippen LogP contribution in [-0.2, 0) is 12.8 Å². The Morgan fingerprint density at radius 3 is 3.08 bits per heavy atom. The summed E-state index contributed by atoms with van der Waals surface area (Å²) >= 11 is 0. The second kappa shape index (κ2) is 2.46. The third-order valence-electron chi connectivity index (χ3n) is 2.64. The van der Waals surface area contributed by atoms with Crippen molar-refractivity contribution in [2.75, 3.05) is 0 Å². The predicted molar refractivity (Wildman–Crippen MR) is 51.4 cm³/mol. The first-order chi connectivity index (χ1) is 6.45. The van der Waals surface area contributed by atoms with Gasteiger partial charge in [-0.1, -0.05) is 24.3 Å². The molecule has 1 N–H and O–H groups in total. The van der Waals surface area contributed by atoms with Crippen molar-refractivity contribution in [1.29, 1.82) is 0 Å². The van der Waals surface area contributed by atoms with Crippen LogP contribution in [-0.4, -0.2) is 9.97 Å². The van der Waals surface area contributed by atoms with Gasteiger partial charge < -0.3 is 4.98 Å². The van der Waals surface area contributed by atoms with Crippen LogP contribution < -0.4 is 0 Å². The summed E-state index contributed by atoms with van der Waals surface area (Å²) in [5.74, 6) is 0. The molecular formula is C11H10N2. The van der Waals surface area contributed by atoms with Crippen molar-refractivity contribution in [3.05, 3.63) is 41.9 Å². The smallest absolute Gasteiger partial charge is 0.0929 e. The van der Waals surface area contributed by atoms with Crippen LogP contribution in [0.4, 0.5) is 0 Å². The lowest BCUT2D eigenvalue weighted by molar-refractivity contribution is 0.908. The Morgan fingerprint density at radius 1 is 1.15 bits per heavy atom. The molecule has 0 saturated carbocycles. The molecule has 3 rings (SSSR count).